The molecule has 1 fully saturated rings. The van der Waals surface area contributed by atoms with E-state index in [0.717, 1.165) is 42.0 Å². The maximum absolute atomic E-state index is 13.5. The molecule has 4 rings (SSSR count). The topological polar surface area (TPSA) is 89.4 Å². The van der Waals surface area contributed by atoms with Crippen molar-refractivity contribution in [1.29, 1.82) is 0 Å². The van der Waals surface area contributed by atoms with Gasteiger partial charge in [0.05, 0.1) is 19.8 Å². The van der Waals surface area contributed by atoms with Crippen LogP contribution in [0.5, 0.6) is 0 Å². The normalized spacial score (nSPS) is 16.5. The Bertz CT molecular complexity index is 1060. The predicted molar refractivity (Wildman–Crippen MR) is 127 cm³/mol. The highest BCUT2D eigenvalue weighted by Crippen LogP contribution is 2.29. The Morgan fingerprint density at radius 2 is 1.94 bits per heavy atom. The van der Waals surface area contributed by atoms with E-state index in [4.69, 9.17) is 24.5 Å². The van der Waals surface area contributed by atoms with Crippen molar-refractivity contribution in [2.75, 3.05) is 49.7 Å². The number of aromatic nitrogens is 4. The minimum absolute atomic E-state index is 0.287. The van der Waals surface area contributed by atoms with Crippen molar-refractivity contribution in [1.82, 2.24) is 25.1 Å². The monoisotopic (exact) mass is 457 g/mol. The Kier molecular flexibility index (Phi) is 7.69. The zero-order valence-electron chi connectivity index (χ0n) is 19.5. The van der Waals surface area contributed by atoms with Crippen molar-refractivity contribution in [3.05, 3.63) is 35.8 Å². The van der Waals surface area contributed by atoms with Crippen LogP contribution in [0.25, 0.3) is 11.0 Å². The SMILES string of the molecule is CCOCCn1nc(COCC)c2nc(N3CCN[C@H](C)C3)nc(Nc3ccc(F)cc3)c21. The van der Waals surface area contributed by atoms with Gasteiger partial charge in [-0.25, -0.2) is 9.37 Å². The van der Waals surface area contributed by atoms with Gasteiger partial charge in [0.2, 0.25) is 5.95 Å². The summed E-state index contributed by atoms with van der Waals surface area (Å²) >= 11 is 0. The Morgan fingerprint density at radius 3 is 2.67 bits per heavy atom. The molecule has 0 bridgehead atoms. The van der Waals surface area contributed by atoms with Gasteiger partial charge < -0.3 is 25.0 Å². The van der Waals surface area contributed by atoms with Crippen molar-refractivity contribution in [2.24, 2.45) is 0 Å². The van der Waals surface area contributed by atoms with Crippen LogP contribution in [0.2, 0.25) is 0 Å². The lowest BCUT2D eigenvalue weighted by Gasteiger charge is -2.32. The molecule has 0 saturated carbocycles. The van der Waals surface area contributed by atoms with Crippen LogP contribution in [-0.2, 0) is 22.6 Å². The Morgan fingerprint density at radius 1 is 1.15 bits per heavy atom. The number of piperazine rings is 1. The van der Waals surface area contributed by atoms with Crippen molar-refractivity contribution in [3.63, 3.8) is 0 Å². The lowest BCUT2D eigenvalue weighted by atomic mass is 10.2. The molecule has 0 spiro atoms. The molecule has 2 N–H and O–H groups in total. The first kappa shape index (κ1) is 23.3. The second-order valence-corrected chi connectivity index (χ2v) is 8.01. The van der Waals surface area contributed by atoms with Crippen molar-refractivity contribution in [3.8, 4) is 0 Å². The average molecular weight is 458 g/mol. The quantitative estimate of drug-likeness (QED) is 0.449. The molecule has 3 heterocycles. The molecule has 0 aliphatic carbocycles. The van der Waals surface area contributed by atoms with Gasteiger partial charge in [-0.15, -0.1) is 0 Å². The molecule has 0 amide bonds. The zero-order valence-corrected chi connectivity index (χ0v) is 19.5. The van der Waals surface area contributed by atoms with Crippen LogP contribution in [0.15, 0.2) is 24.3 Å². The number of rotatable bonds is 10. The minimum atomic E-state index is -0.287. The fourth-order valence-corrected chi connectivity index (χ4v) is 3.90. The number of hydrogen-bond acceptors (Lipinski definition) is 8. The van der Waals surface area contributed by atoms with Gasteiger partial charge in [0.1, 0.15) is 22.5 Å². The number of nitrogens with zero attached hydrogens (tertiary/aromatic N) is 5. The second kappa shape index (κ2) is 10.9. The molecule has 0 radical (unpaired) electrons. The standard InChI is InChI=1S/C23H32FN7O2/c1-4-32-13-12-31-21-20(19(29-31)15-33-5-2)27-23(30-11-10-25-16(3)14-30)28-22(21)26-18-8-6-17(24)7-9-18/h6-9,16,25H,4-5,10-15H2,1-3H3,(H,26,27,28)/t16-/m1/s1. The van der Waals surface area contributed by atoms with Gasteiger partial charge >= 0.3 is 0 Å². The van der Waals surface area contributed by atoms with Gasteiger partial charge in [-0.3, -0.25) is 4.68 Å². The summed E-state index contributed by atoms with van der Waals surface area (Å²) in [5.74, 6) is 0.978. The summed E-state index contributed by atoms with van der Waals surface area (Å²) in [4.78, 5) is 12.0. The third kappa shape index (κ3) is 5.58. The molecule has 2 aromatic heterocycles. The summed E-state index contributed by atoms with van der Waals surface area (Å²) in [5, 5.41) is 11.6. The first-order valence-electron chi connectivity index (χ1n) is 11.5. The third-order valence-corrected chi connectivity index (χ3v) is 5.50. The summed E-state index contributed by atoms with van der Waals surface area (Å²) in [6.07, 6.45) is 0. The lowest BCUT2D eigenvalue weighted by molar-refractivity contribution is 0.128. The molecule has 1 aliphatic heterocycles. The summed E-state index contributed by atoms with van der Waals surface area (Å²) in [6.45, 7) is 11.2. The molecule has 178 valence electrons. The van der Waals surface area contributed by atoms with E-state index in [9.17, 15) is 4.39 Å². The number of nitrogens with one attached hydrogen (secondary N) is 2. The number of anilines is 3. The smallest absolute Gasteiger partial charge is 0.228 e. The van der Waals surface area contributed by atoms with Gasteiger partial charge in [-0.2, -0.15) is 10.1 Å². The second-order valence-electron chi connectivity index (χ2n) is 8.01. The Hall–Kier alpha value is -2.82. The fourth-order valence-electron chi connectivity index (χ4n) is 3.90. The number of ether oxygens (including phenoxy) is 2. The van der Waals surface area contributed by atoms with Crippen molar-refractivity contribution < 1.29 is 13.9 Å². The van der Waals surface area contributed by atoms with Gasteiger partial charge in [0.25, 0.3) is 0 Å². The van der Waals surface area contributed by atoms with Crippen molar-refractivity contribution >= 4 is 28.5 Å². The predicted octanol–water partition coefficient (Wildman–Crippen LogP) is 3.08. The van der Waals surface area contributed by atoms with E-state index in [1.165, 1.54) is 12.1 Å². The van der Waals surface area contributed by atoms with Gasteiger partial charge in [-0.1, -0.05) is 0 Å². The van der Waals surface area contributed by atoms with Crippen molar-refractivity contribution in [2.45, 2.75) is 40.0 Å². The molecule has 1 atom stereocenters. The Balaban J connectivity index is 1.81. The molecule has 10 heteroatoms. The molecular weight excluding hydrogens is 425 g/mol. The van der Waals surface area contributed by atoms with Crippen LogP contribution >= 0.6 is 0 Å². The highest BCUT2D eigenvalue weighted by Gasteiger charge is 2.24. The maximum Gasteiger partial charge on any atom is 0.228 e. The van der Waals surface area contributed by atoms with E-state index in [0.29, 0.717) is 50.8 Å². The third-order valence-electron chi connectivity index (χ3n) is 5.50. The van der Waals surface area contributed by atoms with E-state index in [2.05, 4.69) is 22.5 Å². The largest absolute Gasteiger partial charge is 0.380 e. The average Bonchev–Trinajstić information content (AvgIpc) is 3.17. The van der Waals surface area contributed by atoms with Crippen LogP contribution in [0, 0.1) is 5.82 Å². The lowest BCUT2D eigenvalue weighted by Crippen LogP contribution is -2.49. The fraction of sp³-hybridized carbons (Fsp3) is 0.522. The summed E-state index contributed by atoms with van der Waals surface area (Å²) in [7, 11) is 0. The van der Waals surface area contributed by atoms with Gasteiger partial charge in [-0.05, 0) is 45.0 Å². The summed E-state index contributed by atoms with van der Waals surface area (Å²) in [6, 6.07) is 6.57. The molecule has 0 unspecified atom stereocenters. The number of halogens is 1. The first-order chi connectivity index (χ1) is 16.1. The summed E-state index contributed by atoms with van der Waals surface area (Å²) < 4.78 is 26.6. The van der Waals surface area contributed by atoms with Crippen LogP contribution in [0.1, 0.15) is 26.5 Å². The van der Waals surface area contributed by atoms with E-state index in [1.807, 2.05) is 18.5 Å². The first-order valence-corrected chi connectivity index (χ1v) is 11.5. The van der Waals surface area contributed by atoms with E-state index in [-0.39, 0.29) is 5.82 Å². The summed E-state index contributed by atoms with van der Waals surface area (Å²) in [5.41, 5.74) is 3.03. The molecule has 3 aromatic rings. The van der Waals surface area contributed by atoms with E-state index < -0.39 is 0 Å². The molecule has 1 aromatic carbocycles. The molecule has 33 heavy (non-hydrogen) atoms. The number of fused-ring (bicyclic) bond motifs is 1. The molecular formula is C23H32FN7O2. The highest BCUT2D eigenvalue weighted by molar-refractivity contribution is 5.90. The van der Waals surface area contributed by atoms with Crippen LogP contribution < -0.4 is 15.5 Å². The van der Waals surface area contributed by atoms with Crippen LogP contribution in [-0.4, -0.2) is 65.2 Å². The van der Waals surface area contributed by atoms with Gasteiger partial charge in [0.15, 0.2) is 5.82 Å². The molecule has 1 saturated heterocycles. The molecule has 9 nitrogen and oxygen atoms in total. The van der Waals surface area contributed by atoms with E-state index in [1.54, 1.807) is 12.1 Å². The maximum atomic E-state index is 13.5. The number of benzene rings is 1. The van der Waals surface area contributed by atoms with Crippen LogP contribution in [0.4, 0.5) is 21.8 Å². The minimum Gasteiger partial charge on any atom is -0.380 e. The Labute approximate surface area is 193 Å². The van der Waals surface area contributed by atoms with E-state index >= 15 is 0 Å². The molecule has 1 aliphatic rings. The zero-order chi connectivity index (χ0) is 23.2. The van der Waals surface area contributed by atoms with Crippen LogP contribution in [0.3, 0.4) is 0 Å². The highest BCUT2D eigenvalue weighted by atomic mass is 19.1. The number of hydrogen-bond donors (Lipinski definition) is 2. The van der Waals surface area contributed by atoms with Gasteiger partial charge in [0, 0.05) is 44.6 Å².